The first-order chi connectivity index (χ1) is 9.27. The van der Waals surface area contributed by atoms with Crippen LogP contribution in [0, 0.1) is 23.2 Å². The largest absolute Gasteiger partial charge is 0.391 e. The molecule has 0 aliphatic heterocycles. The van der Waals surface area contributed by atoms with E-state index in [-0.39, 0.29) is 31.2 Å². The van der Waals surface area contributed by atoms with Crippen molar-refractivity contribution < 1.29 is 18.0 Å². The molecule has 0 N–H and O–H groups in total. The van der Waals surface area contributed by atoms with Crippen molar-refractivity contribution in [2.75, 3.05) is 6.54 Å². The number of nitriles is 1. The van der Waals surface area contributed by atoms with Crippen LogP contribution in [-0.2, 0) is 4.79 Å². The van der Waals surface area contributed by atoms with Crippen molar-refractivity contribution in [2.24, 2.45) is 11.8 Å². The SMILES string of the molecule is CC(C)N(CCC#N)C(=O)C1CCCC(C(F)(F)F)C1. The molecule has 0 saturated heterocycles. The van der Waals surface area contributed by atoms with Crippen molar-refractivity contribution in [1.82, 2.24) is 4.90 Å². The molecule has 0 radical (unpaired) electrons. The second-order valence-corrected chi connectivity index (χ2v) is 5.64. The fraction of sp³-hybridized carbons (Fsp3) is 0.857. The van der Waals surface area contributed by atoms with Gasteiger partial charge in [0.05, 0.1) is 18.4 Å². The van der Waals surface area contributed by atoms with Crippen molar-refractivity contribution in [3.8, 4) is 6.07 Å². The van der Waals surface area contributed by atoms with Crippen LogP contribution in [0.5, 0.6) is 0 Å². The normalized spacial score (nSPS) is 23.4. The summed E-state index contributed by atoms with van der Waals surface area (Å²) in [4.78, 5) is 13.9. The van der Waals surface area contributed by atoms with Gasteiger partial charge >= 0.3 is 6.18 Å². The third-order valence-electron chi connectivity index (χ3n) is 3.86. The van der Waals surface area contributed by atoms with Crippen LogP contribution in [0.15, 0.2) is 0 Å². The number of carbonyl (C=O) groups is 1. The van der Waals surface area contributed by atoms with Gasteiger partial charge in [0.2, 0.25) is 5.91 Å². The molecule has 2 atom stereocenters. The van der Waals surface area contributed by atoms with Gasteiger partial charge in [0.1, 0.15) is 0 Å². The zero-order chi connectivity index (χ0) is 15.3. The minimum atomic E-state index is -4.21. The van der Waals surface area contributed by atoms with Crippen LogP contribution in [0.25, 0.3) is 0 Å². The molecule has 1 amide bonds. The van der Waals surface area contributed by atoms with Crippen molar-refractivity contribution in [3.63, 3.8) is 0 Å². The first-order valence-electron chi connectivity index (χ1n) is 7.01. The molecule has 114 valence electrons. The Hall–Kier alpha value is -1.25. The molecule has 0 heterocycles. The van der Waals surface area contributed by atoms with Crippen LogP contribution in [0.4, 0.5) is 13.2 Å². The zero-order valence-electron chi connectivity index (χ0n) is 11.9. The Morgan fingerprint density at radius 1 is 1.40 bits per heavy atom. The summed E-state index contributed by atoms with van der Waals surface area (Å²) in [7, 11) is 0. The lowest BCUT2D eigenvalue weighted by atomic mass is 9.80. The molecule has 1 aliphatic rings. The van der Waals surface area contributed by atoms with Crippen LogP contribution in [0.3, 0.4) is 0 Å². The highest BCUT2D eigenvalue weighted by Crippen LogP contribution is 2.40. The lowest BCUT2D eigenvalue weighted by Crippen LogP contribution is -2.44. The van der Waals surface area contributed by atoms with Gasteiger partial charge in [-0.05, 0) is 33.1 Å². The maximum Gasteiger partial charge on any atom is 0.391 e. The summed E-state index contributed by atoms with van der Waals surface area (Å²) in [5.41, 5.74) is 0. The number of halogens is 3. The van der Waals surface area contributed by atoms with Gasteiger partial charge in [0.15, 0.2) is 0 Å². The summed E-state index contributed by atoms with van der Waals surface area (Å²) in [5, 5.41) is 8.60. The van der Waals surface area contributed by atoms with Crippen LogP contribution >= 0.6 is 0 Å². The van der Waals surface area contributed by atoms with Crippen molar-refractivity contribution in [2.45, 2.75) is 58.2 Å². The zero-order valence-corrected chi connectivity index (χ0v) is 11.9. The standard InChI is InChI=1S/C14H21F3N2O/c1-10(2)19(8-4-7-18)13(20)11-5-3-6-12(9-11)14(15,16)17/h10-12H,3-6,8-9H2,1-2H3. The van der Waals surface area contributed by atoms with Crippen molar-refractivity contribution in [3.05, 3.63) is 0 Å². The highest BCUT2D eigenvalue weighted by Gasteiger charge is 2.44. The van der Waals surface area contributed by atoms with Crippen molar-refractivity contribution in [1.29, 1.82) is 5.26 Å². The molecule has 20 heavy (non-hydrogen) atoms. The van der Waals surface area contributed by atoms with Gasteiger partial charge in [-0.1, -0.05) is 6.42 Å². The molecule has 1 saturated carbocycles. The van der Waals surface area contributed by atoms with Crippen LogP contribution < -0.4 is 0 Å². The highest BCUT2D eigenvalue weighted by atomic mass is 19.4. The van der Waals surface area contributed by atoms with E-state index >= 15 is 0 Å². The number of amides is 1. The second-order valence-electron chi connectivity index (χ2n) is 5.64. The van der Waals surface area contributed by atoms with Gasteiger partial charge in [-0.3, -0.25) is 4.79 Å². The third kappa shape index (κ3) is 4.39. The van der Waals surface area contributed by atoms with E-state index < -0.39 is 18.0 Å². The molecule has 3 nitrogen and oxygen atoms in total. The Labute approximate surface area is 117 Å². The molecule has 1 rings (SSSR count). The molecule has 1 aliphatic carbocycles. The van der Waals surface area contributed by atoms with Crippen LogP contribution in [0.2, 0.25) is 0 Å². The fourth-order valence-electron chi connectivity index (χ4n) is 2.74. The quantitative estimate of drug-likeness (QED) is 0.795. The maximum absolute atomic E-state index is 12.8. The second kappa shape index (κ2) is 6.96. The maximum atomic E-state index is 12.8. The number of nitrogens with zero attached hydrogens (tertiary/aromatic N) is 2. The molecule has 1 fully saturated rings. The minimum Gasteiger partial charge on any atom is -0.339 e. The summed E-state index contributed by atoms with van der Waals surface area (Å²) < 4.78 is 38.3. The molecular weight excluding hydrogens is 269 g/mol. The van der Waals surface area contributed by atoms with E-state index in [2.05, 4.69) is 0 Å². The minimum absolute atomic E-state index is 0.0953. The Bertz CT molecular complexity index is 374. The Morgan fingerprint density at radius 2 is 2.05 bits per heavy atom. The van der Waals surface area contributed by atoms with Crippen LogP contribution in [0.1, 0.15) is 46.0 Å². The van der Waals surface area contributed by atoms with Gasteiger partial charge in [-0.15, -0.1) is 0 Å². The number of rotatable bonds is 4. The van der Waals surface area contributed by atoms with Crippen molar-refractivity contribution >= 4 is 5.91 Å². The number of alkyl halides is 3. The molecular formula is C14H21F3N2O. The monoisotopic (exact) mass is 290 g/mol. The molecule has 0 aromatic heterocycles. The van der Waals surface area contributed by atoms with Gasteiger partial charge in [0, 0.05) is 18.5 Å². The lowest BCUT2D eigenvalue weighted by molar-refractivity contribution is -0.187. The van der Waals surface area contributed by atoms with Gasteiger partial charge in [-0.25, -0.2) is 0 Å². The van der Waals surface area contributed by atoms with E-state index in [1.165, 1.54) is 4.90 Å². The number of hydrogen-bond acceptors (Lipinski definition) is 2. The van der Waals surface area contributed by atoms with Crippen LogP contribution in [-0.4, -0.2) is 29.6 Å². The summed E-state index contributed by atoms with van der Waals surface area (Å²) in [5.74, 6) is -2.16. The summed E-state index contributed by atoms with van der Waals surface area (Å²) in [6.45, 7) is 3.93. The van der Waals surface area contributed by atoms with E-state index in [4.69, 9.17) is 5.26 Å². The van der Waals surface area contributed by atoms with E-state index in [1.54, 1.807) is 0 Å². The average molecular weight is 290 g/mol. The molecule has 0 aromatic rings. The van der Waals surface area contributed by atoms with E-state index in [0.29, 0.717) is 19.4 Å². The van der Waals surface area contributed by atoms with E-state index in [1.807, 2.05) is 19.9 Å². The average Bonchev–Trinajstić information content (AvgIpc) is 2.37. The number of carbonyl (C=O) groups excluding carboxylic acids is 1. The lowest BCUT2D eigenvalue weighted by Gasteiger charge is -2.35. The smallest absolute Gasteiger partial charge is 0.339 e. The Morgan fingerprint density at radius 3 is 2.55 bits per heavy atom. The molecule has 6 heteroatoms. The van der Waals surface area contributed by atoms with Gasteiger partial charge < -0.3 is 4.90 Å². The topological polar surface area (TPSA) is 44.1 Å². The van der Waals surface area contributed by atoms with E-state index in [0.717, 1.165) is 0 Å². The molecule has 0 aromatic carbocycles. The van der Waals surface area contributed by atoms with Gasteiger partial charge in [-0.2, -0.15) is 18.4 Å². The molecule has 2 unspecified atom stereocenters. The summed E-state index contributed by atoms with van der Waals surface area (Å²) in [6.07, 6.45) is -3.05. The first kappa shape index (κ1) is 16.8. The Balaban J connectivity index is 2.71. The molecule has 0 bridgehead atoms. The highest BCUT2D eigenvalue weighted by molar-refractivity contribution is 5.79. The Kier molecular flexibility index (Phi) is 5.85. The predicted molar refractivity (Wildman–Crippen MR) is 68.6 cm³/mol. The third-order valence-corrected chi connectivity index (χ3v) is 3.86. The first-order valence-corrected chi connectivity index (χ1v) is 7.01. The summed E-state index contributed by atoms with van der Waals surface area (Å²) >= 11 is 0. The van der Waals surface area contributed by atoms with E-state index in [9.17, 15) is 18.0 Å². The molecule has 0 spiro atoms. The number of hydrogen-bond donors (Lipinski definition) is 0. The fourth-order valence-corrected chi connectivity index (χ4v) is 2.74. The van der Waals surface area contributed by atoms with Gasteiger partial charge in [0.25, 0.3) is 0 Å². The summed E-state index contributed by atoms with van der Waals surface area (Å²) in [6, 6.07) is 1.87. The predicted octanol–water partition coefficient (Wildman–Crippen LogP) is 3.51.